The fraction of sp³-hybridized carbons (Fsp3) is 0.353. The smallest absolute Gasteiger partial charge is 0.312 e. The zero-order chi connectivity index (χ0) is 17.3. The van der Waals surface area contributed by atoms with Crippen LogP contribution in [0.15, 0.2) is 23.8 Å². The van der Waals surface area contributed by atoms with Crippen LogP contribution in [0.4, 0.5) is 0 Å². The van der Waals surface area contributed by atoms with Gasteiger partial charge in [-0.2, -0.15) is 0 Å². The van der Waals surface area contributed by atoms with Gasteiger partial charge < -0.3 is 9.30 Å². The molecule has 0 atom stereocenters. The van der Waals surface area contributed by atoms with Crippen LogP contribution >= 0.6 is 11.3 Å². The lowest BCUT2D eigenvalue weighted by Gasteiger charge is -2.06. The number of aryl methyl sites for hydroxylation is 1. The normalized spacial score (nSPS) is 11.1. The Morgan fingerprint density at radius 3 is 2.79 bits per heavy atom. The lowest BCUT2D eigenvalue weighted by molar-refractivity contribution is -0.141. The third-order valence-corrected chi connectivity index (χ3v) is 4.79. The molecule has 0 amide bonds. The topological polar surface area (TPSA) is 65.6 Å². The lowest BCUT2D eigenvalue weighted by Crippen LogP contribution is -2.16. The molecule has 0 radical (unpaired) electrons. The standard InChI is InChI=1S/C17H19N3O3S/c1-4-20-11(2)7-14(12(20)3)15(21)10-23-16(22)8-13-9-19-5-6-24-17(19)18-13/h5-7,9H,4,8,10H2,1-3H3. The molecule has 7 heteroatoms. The highest BCUT2D eigenvalue weighted by Crippen LogP contribution is 2.16. The molecule has 6 nitrogen and oxygen atoms in total. The summed E-state index contributed by atoms with van der Waals surface area (Å²) in [6.07, 6.45) is 3.74. The summed E-state index contributed by atoms with van der Waals surface area (Å²) < 4.78 is 9.05. The van der Waals surface area contributed by atoms with E-state index in [9.17, 15) is 9.59 Å². The van der Waals surface area contributed by atoms with Gasteiger partial charge in [0.15, 0.2) is 11.6 Å². The number of imidazole rings is 1. The van der Waals surface area contributed by atoms with Gasteiger partial charge in [0.2, 0.25) is 5.78 Å². The van der Waals surface area contributed by atoms with Gasteiger partial charge in [-0.25, -0.2) is 4.98 Å². The number of ketones is 1. The molecule has 0 aliphatic heterocycles. The minimum atomic E-state index is -0.446. The Kier molecular flexibility index (Phi) is 4.53. The fourth-order valence-corrected chi connectivity index (χ4v) is 3.57. The van der Waals surface area contributed by atoms with E-state index in [1.165, 1.54) is 11.3 Å². The number of carbonyl (C=O) groups excluding carboxylic acids is 2. The fourth-order valence-electron chi connectivity index (χ4n) is 2.85. The van der Waals surface area contributed by atoms with Crippen molar-refractivity contribution >= 4 is 28.1 Å². The van der Waals surface area contributed by atoms with E-state index in [4.69, 9.17) is 4.74 Å². The molecule has 0 saturated heterocycles. The highest BCUT2D eigenvalue weighted by Gasteiger charge is 2.17. The summed E-state index contributed by atoms with van der Waals surface area (Å²) in [7, 11) is 0. The number of nitrogens with zero attached hydrogens (tertiary/aromatic N) is 3. The van der Waals surface area contributed by atoms with E-state index in [-0.39, 0.29) is 18.8 Å². The van der Waals surface area contributed by atoms with Gasteiger partial charge in [-0.15, -0.1) is 11.3 Å². The van der Waals surface area contributed by atoms with E-state index in [1.54, 1.807) is 6.20 Å². The van der Waals surface area contributed by atoms with Gasteiger partial charge in [0.05, 0.1) is 12.1 Å². The zero-order valence-corrected chi connectivity index (χ0v) is 14.7. The van der Waals surface area contributed by atoms with Gasteiger partial charge in [0.25, 0.3) is 0 Å². The molecular weight excluding hydrogens is 326 g/mol. The molecule has 0 aliphatic carbocycles. The van der Waals surface area contributed by atoms with E-state index in [1.807, 2.05) is 42.8 Å². The van der Waals surface area contributed by atoms with Crippen LogP contribution in [-0.2, 0) is 22.5 Å². The van der Waals surface area contributed by atoms with Crippen molar-refractivity contribution in [2.75, 3.05) is 6.61 Å². The van der Waals surface area contributed by atoms with Crippen LogP contribution in [0.2, 0.25) is 0 Å². The summed E-state index contributed by atoms with van der Waals surface area (Å²) in [5, 5.41) is 1.93. The summed E-state index contributed by atoms with van der Waals surface area (Å²) in [6, 6.07) is 1.85. The van der Waals surface area contributed by atoms with Crippen molar-refractivity contribution < 1.29 is 14.3 Å². The number of carbonyl (C=O) groups is 2. The molecule has 0 unspecified atom stereocenters. The van der Waals surface area contributed by atoms with E-state index < -0.39 is 5.97 Å². The van der Waals surface area contributed by atoms with Gasteiger partial charge >= 0.3 is 5.97 Å². The maximum absolute atomic E-state index is 12.3. The average molecular weight is 345 g/mol. The number of ether oxygens (including phenoxy) is 1. The number of aromatic nitrogens is 3. The molecule has 3 aromatic rings. The Hall–Kier alpha value is -2.41. The third kappa shape index (κ3) is 3.12. The predicted molar refractivity (Wildman–Crippen MR) is 91.6 cm³/mol. The van der Waals surface area contributed by atoms with E-state index in [0.717, 1.165) is 22.9 Å². The van der Waals surface area contributed by atoms with Crippen LogP contribution in [0.3, 0.4) is 0 Å². The summed E-state index contributed by atoms with van der Waals surface area (Å²) in [6.45, 7) is 6.47. The minimum Gasteiger partial charge on any atom is -0.457 e. The second-order valence-electron chi connectivity index (χ2n) is 5.61. The maximum Gasteiger partial charge on any atom is 0.312 e. The highest BCUT2D eigenvalue weighted by atomic mass is 32.1. The Balaban J connectivity index is 1.59. The molecule has 3 heterocycles. The Bertz CT molecular complexity index is 875. The van der Waals surface area contributed by atoms with Gasteiger partial charge in [0.1, 0.15) is 0 Å². The monoisotopic (exact) mass is 345 g/mol. The van der Waals surface area contributed by atoms with Gasteiger partial charge in [-0.3, -0.25) is 14.0 Å². The van der Waals surface area contributed by atoms with Crippen LogP contribution in [0.5, 0.6) is 0 Å². The zero-order valence-electron chi connectivity index (χ0n) is 13.9. The molecule has 0 spiro atoms. The van der Waals surface area contributed by atoms with Gasteiger partial charge in [-0.1, -0.05) is 0 Å². The first-order valence-electron chi connectivity index (χ1n) is 7.76. The first kappa shape index (κ1) is 16.4. The molecule has 0 N–H and O–H groups in total. The number of thiazole rings is 1. The highest BCUT2D eigenvalue weighted by molar-refractivity contribution is 7.15. The van der Waals surface area contributed by atoms with Crippen LogP contribution < -0.4 is 0 Å². The molecule has 0 fully saturated rings. The lowest BCUT2D eigenvalue weighted by atomic mass is 10.1. The van der Waals surface area contributed by atoms with Crippen LogP contribution in [0.25, 0.3) is 4.96 Å². The van der Waals surface area contributed by atoms with Crippen molar-refractivity contribution in [3.8, 4) is 0 Å². The molecule has 3 aromatic heterocycles. The molecule has 24 heavy (non-hydrogen) atoms. The Labute approximate surface area is 143 Å². The van der Waals surface area contributed by atoms with Crippen molar-refractivity contribution in [2.24, 2.45) is 0 Å². The Morgan fingerprint density at radius 1 is 1.33 bits per heavy atom. The molecule has 126 valence electrons. The number of hydrogen-bond acceptors (Lipinski definition) is 5. The second-order valence-corrected chi connectivity index (χ2v) is 6.49. The van der Waals surface area contributed by atoms with Crippen LogP contribution in [0.1, 0.15) is 34.4 Å². The average Bonchev–Trinajstić information content (AvgIpc) is 3.18. The third-order valence-electron chi connectivity index (χ3n) is 4.02. The number of fused-ring (bicyclic) bond motifs is 1. The van der Waals surface area contributed by atoms with Crippen molar-refractivity contribution in [3.63, 3.8) is 0 Å². The number of Topliss-reactive ketones (excluding diaryl/α,β-unsaturated/α-hetero) is 1. The Morgan fingerprint density at radius 2 is 2.12 bits per heavy atom. The summed E-state index contributed by atoms with van der Waals surface area (Å²) in [5.41, 5.74) is 3.20. The molecule has 0 saturated carbocycles. The van der Waals surface area contributed by atoms with Gasteiger partial charge in [0, 0.05) is 41.3 Å². The van der Waals surface area contributed by atoms with E-state index >= 15 is 0 Å². The van der Waals surface area contributed by atoms with Crippen molar-refractivity contribution in [3.05, 3.63) is 46.5 Å². The largest absolute Gasteiger partial charge is 0.457 e. The maximum atomic E-state index is 12.3. The van der Waals surface area contributed by atoms with Crippen LogP contribution in [-0.4, -0.2) is 32.3 Å². The van der Waals surface area contributed by atoms with Crippen LogP contribution in [0, 0.1) is 13.8 Å². The van der Waals surface area contributed by atoms with E-state index in [0.29, 0.717) is 11.3 Å². The molecule has 3 rings (SSSR count). The number of esters is 1. The number of hydrogen-bond donors (Lipinski definition) is 0. The second kappa shape index (κ2) is 6.60. The SMILES string of the molecule is CCn1c(C)cc(C(=O)COC(=O)Cc2cn3ccsc3n2)c1C. The summed E-state index contributed by atoms with van der Waals surface area (Å²) in [5.74, 6) is -0.625. The summed E-state index contributed by atoms with van der Waals surface area (Å²) >= 11 is 1.50. The first-order chi connectivity index (χ1) is 11.5. The molecule has 0 bridgehead atoms. The quantitative estimate of drug-likeness (QED) is 0.509. The van der Waals surface area contributed by atoms with Crippen molar-refractivity contribution in [1.82, 2.24) is 14.0 Å². The predicted octanol–water partition coefficient (Wildman–Crippen LogP) is 2.80. The molecule has 0 aromatic carbocycles. The molecular formula is C17H19N3O3S. The van der Waals surface area contributed by atoms with Gasteiger partial charge in [-0.05, 0) is 26.8 Å². The summed E-state index contributed by atoms with van der Waals surface area (Å²) in [4.78, 5) is 29.4. The van der Waals surface area contributed by atoms with Crippen molar-refractivity contribution in [1.29, 1.82) is 0 Å². The van der Waals surface area contributed by atoms with Crippen molar-refractivity contribution in [2.45, 2.75) is 33.7 Å². The first-order valence-corrected chi connectivity index (χ1v) is 8.64. The van der Waals surface area contributed by atoms with E-state index in [2.05, 4.69) is 9.55 Å². The molecule has 0 aliphatic rings. The minimum absolute atomic E-state index is 0.0651. The number of rotatable bonds is 6.